The second kappa shape index (κ2) is 11.2. The summed E-state index contributed by atoms with van der Waals surface area (Å²) < 4.78 is 25.0. The van der Waals surface area contributed by atoms with E-state index in [4.69, 9.17) is 11.6 Å². The van der Waals surface area contributed by atoms with Gasteiger partial charge < -0.3 is 10.6 Å². The van der Waals surface area contributed by atoms with Gasteiger partial charge in [-0.1, -0.05) is 53.2 Å². The number of hydrogen-bond donors (Lipinski definition) is 2. The fourth-order valence-corrected chi connectivity index (χ4v) is 4.90. The van der Waals surface area contributed by atoms with Gasteiger partial charge in [-0.25, -0.2) is 9.67 Å². The molecule has 1 aliphatic carbocycles. The number of rotatable bonds is 9. The zero-order valence-electron chi connectivity index (χ0n) is 22.6. The first-order chi connectivity index (χ1) is 20.4. The van der Waals surface area contributed by atoms with Crippen LogP contribution in [0.25, 0.3) is 10.9 Å². The molecule has 1 fully saturated rings. The van der Waals surface area contributed by atoms with Crippen LogP contribution < -0.4 is 10.6 Å². The topological polar surface area (TPSA) is 128 Å². The van der Waals surface area contributed by atoms with E-state index in [0.29, 0.717) is 33.5 Å². The molecule has 11 heteroatoms. The van der Waals surface area contributed by atoms with Crippen molar-refractivity contribution < 1.29 is 5.76 Å². The third-order valence-electron chi connectivity index (χ3n) is 6.83. The monoisotopic (exact) mass is 564 g/mol. The largest absolute Gasteiger partial charge is 0.376 e. The summed E-state index contributed by atoms with van der Waals surface area (Å²) in [5.74, 6) is -0.673. The van der Waals surface area contributed by atoms with Crippen LogP contribution in [0.4, 0.5) is 15.8 Å². The van der Waals surface area contributed by atoms with Crippen molar-refractivity contribution in [3.63, 3.8) is 0 Å². The second-order valence-electron chi connectivity index (χ2n) is 9.67. The maximum atomic E-state index is 13.7. The van der Waals surface area contributed by atoms with Crippen LogP contribution in [0.2, 0.25) is 5.02 Å². The Kier molecular flexibility index (Phi) is 6.82. The van der Waals surface area contributed by atoms with E-state index in [1.807, 2.05) is 30.3 Å². The van der Waals surface area contributed by atoms with Gasteiger partial charge in [0.2, 0.25) is 5.95 Å². The van der Waals surface area contributed by atoms with Crippen molar-refractivity contribution in [1.82, 2.24) is 25.0 Å². The van der Waals surface area contributed by atoms with E-state index in [9.17, 15) is 16.3 Å². The molecule has 41 heavy (non-hydrogen) atoms. The number of fused-ring (bicyclic) bond motifs is 1. The molecule has 202 valence electrons. The van der Waals surface area contributed by atoms with Crippen molar-refractivity contribution in [2.24, 2.45) is 0 Å². The van der Waals surface area contributed by atoms with Crippen molar-refractivity contribution in [2.45, 2.75) is 37.4 Å². The molecule has 0 spiro atoms. The number of aromatic nitrogens is 5. The van der Waals surface area contributed by atoms with E-state index >= 15 is 0 Å². The van der Waals surface area contributed by atoms with Crippen LogP contribution in [0.1, 0.15) is 61.1 Å². The highest BCUT2D eigenvalue weighted by molar-refractivity contribution is 6.35. The standard InChI is InChI=1S/C30H23ClFN9/c31-24-13-21(37-29(19-6-9-27(32)35-15-19)26-17-41(40-39-26)22-7-8-22)12-23-28(20(14-34)16-36-30(23)24)38-25(10-11-33)18-4-2-1-3-5-18/h1-6,9,12-13,15-17,22,25,29,37H,7-8,10H2,(H,36,38)/i29D. The highest BCUT2D eigenvalue weighted by Crippen LogP contribution is 2.38. The normalized spacial score (nSPS) is 15.3. The number of anilines is 2. The third kappa shape index (κ3) is 5.51. The van der Waals surface area contributed by atoms with Gasteiger partial charge >= 0.3 is 0 Å². The van der Waals surface area contributed by atoms with Crippen molar-refractivity contribution in [2.75, 3.05) is 10.6 Å². The molecule has 2 aromatic carbocycles. The molecule has 0 amide bonds. The van der Waals surface area contributed by atoms with Gasteiger partial charge in [-0.3, -0.25) is 4.98 Å². The maximum Gasteiger partial charge on any atom is 0.212 e. The number of halogens is 2. The van der Waals surface area contributed by atoms with Crippen LogP contribution in [0, 0.1) is 28.6 Å². The van der Waals surface area contributed by atoms with Gasteiger partial charge in [0, 0.05) is 23.5 Å². The molecule has 0 aliphatic heterocycles. The first-order valence-electron chi connectivity index (χ1n) is 13.4. The summed E-state index contributed by atoms with van der Waals surface area (Å²) in [5, 5.41) is 35.4. The van der Waals surface area contributed by atoms with Crippen molar-refractivity contribution in [3.8, 4) is 12.1 Å². The zero-order valence-corrected chi connectivity index (χ0v) is 22.3. The number of nitriles is 2. The molecule has 0 radical (unpaired) electrons. The van der Waals surface area contributed by atoms with Crippen molar-refractivity contribution in [1.29, 1.82) is 10.5 Å². The summed E-state index contributed by atoms with van der Waals surface area (Å²) in [6, 6.07) is 18.0. The zero-order chi connectivity index (χ0) is 29.3. The van der Waals surface area contributed by atoms with Crippen LogP contribution in [0.15, 0.2) is 73.2 Å². The number of pyridine rings is 2. The van der Waals surface area contributed by atoms with E-state index in [-0.39, 0.29) is 23.0 Å². The highest BCUT2D eigenvalue weighted by Gasteiger charge is 2.27. The Morgan fingerprint density at radius 2 is 1.90 bits per heavy atom. The van der Waals surface area contributed by atoms with Crippen molar-refractivity contribution in [3.05, 3.63) is 107 Å². The molecule has 0 bridgehead atoms. The van der Waals surface area contributed by atoms with Gasteiger partial charge in [0.05, 0.1) is 59.9 Å². The summed E-state index contributed by atoms with van der Waals surface area (Å²) in [5.41, 5.74) is 3.08. The summed E-state index contributed by atoms with van der Waals surface area (Å²) in [7, 11) is 0. The van der Waals surface area contributed by atoms with E-state index < -0.39 is 18.0 Å². The smallest absolute Gasteiger partial charge is 0.212 e. The lowest BCUT2D eigenvalue weighted by Gasteiger charge is -2.22. The molecule has 3 aromatic heterocycles. The first-order valence-corrected chi connectivity index (χ1v) is 13.3. The minimum atomic E-state index is -1.72. The molecule has 9 nitrogen and oxygen atoms in total. The Balaban J connectivity index is 1.46. The minimum absolute atomic E-state index is 0.147. The van der Waals surface area contributed by atoms with E-state index in [2.05, 4.69) is 43.1 Å². The minimum Gasteiger partial charge on any atom is -0.376 e. The Bertz CT molecular complexity index is 1850. The van der Waals surface area contributed by atoms with Crippen LogP contribution in [0.3, 0.4) is 0 Å². The van der Waals surface area contributed by atoms with Gasteiger partial charge in [-0.05, 0) is 42.2 Å². The average molecular weight is 565 g/mol. The molecule has 5 aromatic rings. The third-order valence-corrected chi connectivity index (χ3v) is 7.12. The average Bonchev–Trinajstić information content (AvgIpc) is 3.73. The summed E-state index contributed by atoms with van der Waals surface area (Å²) in [6.45, 7) is 0. The molecule has 6 rings (SSSR count). The lowest BCUT2D eigenvalue weighted by Crippen LogP contribution is -2.14. The van der Waals surface area contributed by atoms with Crippen LogP contribution in [0.5, 0.6) is 0 Å². The Hall–Kier alpha value is -5.06. The fraction of sp³-hybridized carbons (Fsp3) is 0.200. The Labute approximate surface area is 241 Å². The first kappa shape index (κ1) is 24.9. The van der Waals surface area contributed by atoms with Gasteiger partial charge in [-0.15, -0.1) is 5.10 Å². The summed E-state index contributed by atoms with van der Waals surface area (Å²) in [4.78, 5) is 8.18. The number of hydrogen-bond acceptors (Lipinski definition) is 8. The highest BCUT2D eigenvalue weighted by atomic mass is 35.5. The molecule has 1 saturated carbocycles. The molecule has 0 saturated heterocycles. The van der Waals surface area contributed by atoms with Crippen LogP contribution >= 0.6 is 11.6 Å². The predicted octanol–water partition coefficient (Wildman–Crippen LogP) is 6.49. The number of nitrogens with zero attached hydrogens (tertiary/aromatic N) is 7. The van der Waals surface area contributed by atoms with Gasteiger partial charge in [-0.2, -0.15) is 14.9 Å². The van der Waals surface area contributed by atoms with E-state index in [0.717, 1.165) is 18.4 Å². The summed E-state index contributed by atoms with van der Waals surface area (Å²) in [6.07, 6.45) is 6.54. The van der Waals surface area contributed by atoms with Crippen LogP contribution in [-0.2, 0) is 0 Å². The number of nitrogens with one attached hydrogen (secondary N) is 2. The molecule has 3 heterocycles. The summed E-state index contributed by atoms with van der Waals surface area (Å²) >= 11 is 6.72. The molecular weight excluding hydrogens is 541 g/mol. The Morgan fingerprint density at radius 3 is 2.61 bits per heavy atom. The van der Waals surface area contributed by atoms with Crippen LogP contribution in [-0.4, -0.2) is 25.0 Å². The van der Waals surface area contributed by atoms with Crippen molar-refractivity contribution >= 4 is 33.9 Å². The quantitative estimate of drug-likeness (QED) is 0.194. The maximum absolute atomic E-state index is 13.7. The van der Waals surface area contributed by atoms with Gasteiger partial charge in [0.1, 0.15) is 11.8 Å². The number of benzene rings is 2. The Morgan fingerprint density at radius 1 is 1.07 bits per heavy atom. The molecule has 2 atom stereocenters. The van der Waals surface area contributed by atoms with E-state index in [1.54, 1.807) is 23.0 Å². The predicted molar refractivity (Wildman–Crippen MR) is 152 cm³/mol. The van der Waals surface area contributed by atoms with E-state index in [1.165, 1.54) is 24.5 Å². The molecular formula is C30H23ClFN9. The SMILES string of the molecule is [2H]C(Nc1cc(Cl)c2ncc(C#N)c(NC(CC#N)c3ccccc3)c2c1)(c1ccc(F)nc1)c1cn(C2CC2)nn1. The lowest BCUT2D eigenvalue weighted by atomic mass is 10.0. The lowest BCUT2D eigenvalue weighted by molar-refractivity contribution is 0.581. The molecule has 1 aliphatic rings. The molecule has 2 N–H and O–H groups in total. The fourth-order valence-electron chi connectivity index (χ4n) is 4.64. The second-order valence-corrected chi connectivity index (χ2v) is 10.1. The van der Waals surface area contributed by atoms with Gasteiger partial charge in [0.15, 0.2) is 0 Å². The van der Waals surface area contributed by atoms with Gasteiger partial charge in [0.25, 0.3) is 0 Å². The molecule has 2 unspecified atom stereocenters.